The Kier molecular flexibility index (Phi) is 2.10. The van der Waals surface area contributed by atoms with Crippen molar-refractivity contribution in [2.75, 3.05) is 13.2 Å². The first-order chi connectivity index (χ1) is 6.77. The molecule has 80 valence electrons. The second-order valence-corrected chi connectivity index (χ2v) is 5.50. The minimum atomic E-state index is -0.151. The predicted octanol–water partition coefficient (Wildman–Crippen LogP) is 2.58. The third-order valence-electron chi connectivity index (χ3n) is 4.22. The zero-order valence-electron chi connectivity index (χ0n) is 9.00. The lowest BCUT2D eigenvalue weighted by atomic mass is 10.0. The van der Waals surface area contributed by atoms with Gasteiger partial charge in [0.25, 0.3) is 0 Å². The van der Waals surface area contributed by atoms with E-state index >= 15 is 0 Å². The molecule has 2 aliphatic carbocycles. The molecule has 0 aromatic rings. The van der Waals surface area contributed by atoms with Crippen LogP contribution in [0.4, 0.5) is 0 Å². The van der Waals surface area contributed by atoms with Crippen LogP contribution in [0.1, 0.15) is 39.0 Å². The van der Waals surface area contributed by atoms with Crippen LogP contribution in [0.5, 0.6) is 0 Å². The van der Waals surface area contributed by atoms with Crippen molar-refractivity contribution in [3.63, 3.8) is 0 Å². The van der Waals surface area contributed by atoms with Gasteiger partial charge in [-0.1, -0.05) is 13.3 Å². The van der Waals surface area contributed by atoms with Gasteiger partial charge >= 0.3 is 0 Å². The highest BCUT2D eigenvalue weighted by molar-refractivity contribution is 4.94. The molecule has 3 aliphatic rings. The summed E-state index contributed by atoms with van der Waals surface area (Å²) in [5.41, 5.74) is 0. The summed E-state index contributed by atoms with van der Waals surface area (Å²) in [5, 5.41) is 0. The van der Waals surface area contributed by atoms with Gasteiger partial charge < -0.3 is 9.47 Å². The second-order valence-electron chi connectivity index (χ2n) is 5.50. The van der Waals surface area contributed by atoms with E-state index < -0.39 is 0 Å². The molecule has 3 fully saturated rings. The van der Waals surface area contributed by atoms with Crippen molar-refractivity contribution in [3.8, 4) is 0 Å². The van der Waals surface area contributed by atoms with Crippen LogP contribution in [0.25, 0.3) is 0 Å². The van der Waals surface area contributed by atoms with E-state index in [1.807, 2.05) is 0 Å². The van der Waals surface area contributed by atoms with Gasteiger partial charge in [-0.05, 0) is 24.7 Å². The van der Waals surface area contributed by atoms with Crippen molar-refractivity contribution in [3.05, 3.63) is 0 Å². The molecule has 3 rings (SSSR count). The Labute approximate surface area is 86.0 Å². The molecular formula is C12H20O2. The summed E-state index contributed by atoms with van der Waals surface area (Å²) in [6, 6.07) is 0. The highest BCUT2D eigenvalue weighted by Crippen LogP contribution is 2.51. The number of ether oxygens (including phenoxy) is 2. The van der Waals surface area contributed by atoms with E-state index in [2.05, 4.69) is 6.92 Å². The van der Waals surface area contributed by atoms with Crippen molar-refractivity contribution >= 4 is 0 Å². The first kappa shape index (κ1) is 9.17. The van der Waals surface area contributed by atoms with E-state index in [4.69, 9.17) is 9.47 Å². The summed E-state index contributed by atoms with van der Waals surface area (Å²) in [7, 11) is 0. The van der Waals surface area contributed by atoms with Crippen LogP contribution in [0, 0.1) is 17.8 Å². The standard InChI is InChI=1S/C12H20O2/c1-9-7-13-12(14-8-9)5-10-3-2-4-11(10)6-12/h9-11H,2-8H2,1H3. The molecule has 2 saturated carbocycles. The molecule has 0 N–H and O–H groups in total. The zero-order valence-corrected chi connectivity index (χ0v) is 9.00. The normalized spacial score (nSPS) is 52.5. The molecule has 2 unspecified atom stereocenters. The number of hydrogen-bond donors (Lipinski definition) is 0. The molecule has 1 saturated heterocycles. The third kappa shape index (κ3) is 1.40. The fraction of sp³-hybridized carbons (Fsp3) is 1.00. The van der Waals surface area contributed by atoms with Gasteiger partial charge in [0.2, 0.25) is 0 Å². The lowest BCUT2D eigenvalue weighted by Crippen LogP contribution is -2.41. The van der Waals surface area contributed by atoms with Gasteiger partial charge in [-0.3, -0.25) is 0 Å². The Hall–Kier alpha value is -0.0800. The molecule has 0 radical (unpaired) electrons. The summed E-state index contributed by atoms with van der Waals surface area (Å²) in [6.45, 7) is 4.00. The summed E-state index contributed by atoms with van der Waals surface area (Å²) >= 11 is 0. The van der Waals surface area contributed by atoms with E-state index in [0.717, 1.165) is 25.0 Å². The molecule has 0 bridgehead atoms. The van der Waals surface area contributed by atoms with Gasteiger partial charge in [0.15, 0.2) is 5.79 Å². The molecule has 2 atom stereocenters. The predicted molar refractivity (Wildman–Crippen MR) is 53.9 cm³/mol. The van der Waals surface area contributed by atoms with Crippen LogP contribution >= 0.6 is 0 Å². The monoisotopic (exact) mass is 196 g/mol. The van der Waals surface area contributed by atoms with E-state index in [-0.39, 0.29) is 5.79 Å². The van der Waals surface area contributed by atoms with Crippen molar-refractivity contribution in [2.45, 2.75) is 44.8 Å². The molecule has 1 heterocycles. The van der Waals surface area contributed by atoms with Gasteiger partial charge in [0.1, 0.15) is 0 Å². The average molecular weight is 196 g/mol. The van der Waals surface area contributed by atoms with Crippen molar-refractivity contribution in [2.24, 2.45) is 17.8 Å². The average Bonchev–Trinajstić information content (AvgIpc) is 2.69. The maximum Gasteiger partial charge on any atom is 0.168 e. The first-order valence-corrected chi connectivity index (χ1v) is 6.05. The van der Waals surface area contributed by atoms with Crippen LogP contribution in [0.2, 0.25) is 0 Å². The fourth-order valence-corrected chi connectivity index (χ4v) is 3.45. The molecule has 14 heavy (non-hydrogen) atoms. The maximum absolute atomic E-state index is 5.95. The molecule has 2 heteroatoms. The van der Waals surface area contributed by atoms with E-state index in [0.29, 0.717) is 5.92 Å². The number of rotatable bonds is 0. The van der Waals surface area contributed by atoms with E-state index in [9.17, 15) is 0 Å². The fourth-order valence-electron chi connectivity index (χ4n) is 3.45. The SMILES string of the molecule is CC1COC2(CC3CCCC3C2)OC1. The lowest BCUT2D eigenvalue weighted by Gasteiger charge is -2.37. The van der Waals surface area contributed by atoms with Crippen LogP contribution in [-0.2, 0) is 9.47 Å². The summed E-state index contributed by atoms with van der Waals surface area (Å²) in [6.07, 6.45) is 6.60. The quantitative estimate of drug-likeness (QED) is 0.593. The Morgan fingerprint density at radius 1 is 1.00 bits per heavy atom. The molecule has 0 aromatic heterocycles. The van der Waals surface area contributed by atoms with Gasteiger partial charge in [0.05, 0.1) is 13.2 Å². The second kappa shape index (κ2) is 3.21. The van der Waals surface area contributed by atoms with Crippen LogP contribution in [0.15, 0.2) is 0 Å². The van der Waals surface area contributed by atoms with Crippen LogP contribution in [0.3, 0.4) is 0 Å². The smallest absolute Gasteiger partial charge is 0.168 e. The van der Waals surface area contributed by atoms with Gasteiger partial charge in [-0.15, -0.1) is 0 Å². The minimum Gasteiger partial charge on any atom is -0.350 e. The van der Waals surface area contributed by atoms with Gasteiger partial charge in [-0.25, -0.2) is 0 Å². The minimum absolute atomic E-state index is 0.151. The van der Waals surface area contributed by atoms with Crippen LogP contribution < -0.4 is 0 Å². The molecule has 0 aromatic carbocycles. The van der Waals surface area contributed by atoms with Crippen molar-refractivity contribution in [1.82, 2.24) is 0 Å². The molecule has 1 spiro atoms. The molecular weight excluding hydrogens is 176 g/mol. The van der Waals surface area contributed by atoms with Gasteiger partial charge in [-0.2, -0.15) is 0 Å². The lowest BCUT2D eigenvalue weighted by molar-refractivity contribution is -0.279. The highest BCUT2D eigenvalue weighted by atomic mass is 16.7. The Morgan fingerprint density at radius 3 is 2.14 bits per heavy atom. The maximum atomic E-state index is 5.95. The molecule has 1 aliphatic heterocycles. The van der Waals surface area contributed by atoms with E-state index in [1.165, 1.54) is 32.1 Å². The summed E-state index contributed by atoms with van der Waals surface area (Å²) in [5.74, 6) is 2.25. The Bertz CT molecular complexity index is 204. The largest absolute Gasteiger partial charge is 0.350 e. The molecule has 0 amide bonds. The van der Waals surface area contributed by atoms with Crippen molar-refractivity contribution < 1.29 is 9.47 Å². The van der Waals surface area contributed by atoms with Crippen molar-refractivity contribution in [1.29, 1.82) is 0 Å². The molecule has 2 nitrogen and oxygen atoms in total. The van der Waals surface area contributed by atoms with Gasteiger partial charge in [0, 0.05) is 18.8 Å². The zero-order chi connectivity index (χ0) is 9.60. The first-order valence-electron chi connectivity index (χ1n) is 6.05. The van der Waals surface area contributed by atoms with Crippen LogP contribution in [-0.4, -0.2) is 19.0 Å². The Morgan fingerprint density at radius 2 is 1.57 bits per heavy atom. The number of fused-ring (bicyclic) bond motifs is 1. The summed E-state index contributed by atoms with van der Waals surface area (Å²) < 4.78 is 11.9. The van der Waals surface area contributed by atoms with E-state index in [1.54, 1.807) is 0 Å². The summed E-state index contributed by atoms with van der Waals surface area (Å²) in [4.78, 5) is 0. The highest BCUT2D eigenvalue weighted by Gasteiger charge is 2.50. The third-order valence-corrected chi connectivity index (χ3v) is 4.22. The Balaban J connectivity index is 1.68. The number of hydrogen-bond acceptors (Lipinski definition) is 2. The topological polar surface area (TPSA) is 18.5 Å².